The van der Waals surface area contributed by atoms with Gasteiger partial charge in [-0.25, -0.2) is 8.78 Å². The SMILES string of the molecule is CCCOc1ccc(CC(CN)c2ccc(F)cc2F)cc1OC. The third-order valence-corrected chi connectivity index (χ3v) is 3.86. The van der Waals surface area contributed by atoms with Gasteiger partial charge in [0, 0.05) is 12.0 Å². The highest BCUT2D eigenvalue weighted by Crippen LogP contribution is 2.31. The molecule has 1 unspecified atom stereocenters. The van der Waals surface area contributed by atoms with Crippen LogP contribution in [0.5, 0.6) is 11.5 Å². The van der Waals surface area contributed by atoms with Gasteiger partial charge in [0.05, 0.1) is 13.7 Å². The molecule has 0 saturated heterocycles. The Morgan fingerprint density at radius 2 is 1.88 bits per heavy atom. The van der Waals surface area contributed by atoms with Crippen molar-refractivity contribution in [3.8, 4) is 11.5 Å². The molecule has 3 nitrogen and oxygen atoms in total. The summed E-state index contributed by atoms with van der Waals surface area (Å²) in [6, 6.07) is 9.23. The van der Waals surface area contributed by atoms with E-state index >= 15 is 0 Å². The molecule has 0 fully saturated rings. The van der Waals surface area contributed by atoms with Crippen molar-refractivity contribution in [1.82, 2.24) is 0 Å². The lowest BCUT2D eigenvalue weighted by atomic mass is 9.91. The zero-order valence-corrected chi connectivity index (χ0v) is 14.0. The highest BCUT2D eigenvalue weighted by atomic mass is 19.1. The molecule has 0 bridgehead atoms. The third kappa shape index (κ3) is 4.45. The molecule has 0 aromatic heterocycles. The normalized spacial score (nSPS) is 12.0. The van der Waals surface area contributed by atoms with E-state index in [1.807, 2.05) is 25.1 Å². The van der Waals surface area contributed by atoms with Crippen molar-refractivity contribution in [2.24, 2.45) is 5.73 Å². The predicted octanol–water partition coefficient (Wildman–Crippen LogP) is 4.05. The van der Waals surface area contributed by atoms with Crippen LogP contribution >= 0.6 is 0 Å². The van der Waals surface area contributed by atoms with Gasteiger partial charge in [0.2, 0.25) is 0 Å². The Balaban J connectivity index is 2.21. The quantitative estimate of drug-likeness (QED) is 0.791. The molecule has 0 aliphatic carbocycles. The van der Waals surface area contributed by atoms with Gasteiger partial charge in [-0.3, -0.25) is 0 Å². The topological polar surface area (TPSA) is 44.5 Å². The molecule has 2 N–H and O–H groups in total. The van der Waals surface area contributed by atoms with Crippen LogP contribution in [0.4, 0.5) is 8.78 Å². The van der Waals surface area contributed by atoms with Gasteiger partial charge in [-0.05, 0) is 48.7 Å². The fourth-order valence-electron chi connectivity index (χ4n) is 2.61. The van der Waals surface area contributed by atoms with E-state index in [-0.39, 0.29) is 12.5 Å². The summed E-state index contributed by atoms with van der Waals surface area (Å²) >= 11 is 0. The van der Waals surface area contributed by atoms with Crippen molar-refractivity contribution in [1.29, 1.82) is 0 Å². The molecule has 2 aromatic rings. The highest BCUT2D eigenvalue weighted by molar-refractivity contribution is 5.43. The molecule has 0 amide bonds. The van der Waals surface area contributed by atoms with Crippen LogP contribution in [0.1, 0.15) is 30.4 Å². The summed E-state index contributed by atoms with van der Waals surface area (Å²) in [5.74, 6) is -0.0826. The second kappa shape index (κ2) is 8.64. The second-order valence-corrected chi connectivity index (χ2v) is 5.64. The second-order valence-electron chi connectivity index (χ2n) is 5.64. The van der Waals surface area contributed by atoms with Crippen molar-refractivity contribution in [3.63, 3.8) is 0 Å². The summed E-state index contributed by atoms with van der Waals surface area (Å²) in [5, 5.41) is 0. The van der Waals surface area contributed by atoms with E-state index in [1.54, 1.807) is 7.11 Å². The molecule has 0 heterocycles. The van der Waals surface area contributed by atoms with E-state index < -0.39 is 11.6 Å². The van der Waals surface area contributed by atoms with Gasteiger partial charge < -0.3 is 15.2 Å². The molecule has 0 aliphatic rings. The van der Waals surface area contributed by atoms with Gasteiger partial charge in [0.1, 0.15) is 11.6 Å². The van der Waals surface area contributed by atoms with Gasteiger partial charge >= 0.3 is 0 Å². The first-order chi connectivity index (χ1) is 11.6. The van der Waals surface area contributed by atoms with Crippen LogP contribution in [0.15, 0.2) is 36.4 Å². The molecule has 0 radical (unpaired) electrons. The molecular formula is C19H23F2NO2. The Hall–Kier alpha value is -2.14. The van der Waals surface area contributed by atoms with Crippen LogP contribution < -0.4 is 15.2 Å². The first-order valence-corrected chi connectivity index (χ1v) is 8.03. The van der Waals surface area contributed by atoms with Crippen molar-refractivity contribution >= 4 is 0 Å². The maximum absolute atomic E-state index is 14.0. The Morgan fingerprint density at radius 3 is 2.50 bits per heavy atom. The summed E-state index contributed by atoms with van der Waals surface area (Å²) in [6.07, 6.45) is 1.44. The fourth-order valence-corrected chi connectivity index (χ4v) is 2.61. The monoisotopic (exact) mass is 335 g/mol. The average molecular weight is 335 g/mol. The van der Waals surface area contributed by atoms with Gasteiger partial charge in [0.15, 0.2) is 11.5 Å². The molecular weight excluding hydrogens is 312 g/mol. The lowest BCUT2D eigenvalue weighted by molar-refractivity contribution is 0.294. The number of methoxy groups -OCH3 is 1. The summed E-state index contributed by atoms with van der Waals surface area (Å²) in [5.41, 5.74) is 7.18. The van der Waals surface area contributed by atoms with E-state index in [4.69, 9.17) is 15.2 Å². The number of benzene rings is 2. The van der Waals surface area contributed by atoms with Crippen LogP contribution in [0.25, 0.3) is 0 Å². The molecule has 2 rings (SSSR count). The maximum Gasteiger partial charge on any atom is 0.161 e. The molecule has 0 aliphatic heterocycles. The molecule has 0 saturated carbocycles. The first kappa shape index (κ1) is 18.2. The van der Waals surface area contributed by atoms with Crippen molar-refractivity contribution < 1.29 is 18.3 Å². The molecule has 130 valence electrons. The highest BCUT2D eigenvalue weighted by Gasteiger charge is 2.17. The first-order valence-electron chi connectivity index (χ1n) is 8.03. The van der Waals surface area contributed by atoms with Crippen molar-refractivity contribution in [2.45, 2.75) is 25.7 Å². The van der Waals surface area contributed by atoms with Gasteiger partial charge in [0.25, 0.3) is 0 Å². The minimum Gasteiger partial charge on any atom is -0.493 e. The van der Waals surface area contributed by atoms with Crippen LogP contribution in [-0.2, 0) is 6.42 Å². The number of hydrogen-bond acceptors (Lipinski definition) is 3. The van der Waals surface area contributed by atoms with Gasteiger partial charge in [-0.2, -0.15) is 0 Å². The van der Waals surface area contributed by atoms with Crippen molar-refractivity contribution in [3.05, 3.63) is 59.2 Å². The summed E-state index contributed by atoms with van der Waals surface area (Å²) in [4.78, 5) is 0. The van der Waals surface area contributed by atoms with E-state index in [2.05, 4.69) is 0 Å². The third-order valence-electron chi connectivity index (χ3n) is 3.86. The van der Waals surface area contributed by atoms with E-state index in [9.17, 15) is 8.78 Å². The lowest BCUT2D eigenvalue weighted by Gasteiger charge is -2.18. The average Bonchev–Trinajstić information content (AvgIpc) is 2.58. The Labute approximate surface area is 141 Å². The van der Waals surface area contributed by atoms with Gasteiger partial charge in [-0.15, -0.1) is 0 Å². The maximum atomic E-state index is 14.0. The molecule has 2 aromatic carbocycles. The smallest absolute Gasteiger partial charge is 0.161 e. The van der Waals surface area contributed by atoms with Crippen LogP contribution in [0, 0.1) is 11.6 Å². The van der Waals surface area contributed by atoms with E-state index in [0.717, 1.165) is 18.1 Å². The number of rotatable bonds is 8. The number of halogens is 2. The minimum absolute atomic E-state index is 0.238. The molecule has 5 heteroatoms. The number of hydrogen-bond donors (Lipinski definition) is 1. The zero-order chi connectivity index (χ0) is 17.5. The predicted molar refractivity (Wildman–Crippen MR) is 90.6 cm³/mol. The van der Waals surface area contributed by atoms with E-state index in [1.165, 1.54) is 12.1 Å². The fraction of sp³-hybridized carbons (Fsp3) is 0.368. The molecule has 24 heavy (non-hydrogen) atoms. The Kier molecular flexibility index (Phi) is 6.55. The summed E-state index contributed by atoms with van der Waals surface area (Å²) < 4.78 is 38.1. The number of ether oxygens (including phenoxy) is 2. The van der Waals surface area contributed by atoms with Crippen LogP contribution in [0.2, 0.25) is 0 Å². The van der Waals surface area contributed by atoms with Crippen molar-refractivity contribution in [2.75, 3.05) is 20.3 Å². The Bertz CT molecular complexity index is 676. The number of nitrogens with two attached hydrogens (primary N) is 1. The summed E-state index contributed by atoms with van der Waals surface area (Å²) in [6.45, 7) is 2.91. The zero-order valence-electron chi connectivity index (χ0n) is 14.0. The minimum atomic E-state index is -0.592. The molecule has 1 atom stereocenters. The lowest BCUT2D eigenvalue weighted by Crippen LogP contribution is -2.16. The standard InChI is InChI=1S/C19H23F2NO2/c1-3-8-24-18-7-4-13(10-19(18)23-2)9-14(12-22)16-6-5-15(20)11-17(16)21/h4-7,10-11,14H,3,8-9,12,22H2,1-2H3. The van der Waals surface area contributed by atoms with Crippen LogP contribution in [0.3, 0.4) is 0 Å². The Morgan fingerprint density at radius 1 is 1.08 bits per heavy atom. The molecule has 0 spiro atoms. The summed E-state index contributed by atoms with van der Waals surface area (Å²) in [7, 11) is 1.58. The largest absolute Gasteiger partial charge is 0.493 e. The van der Waals surface area contributed by atoms with Crippen LogP contribution in [-0.4, -0.2) is 20.3 Å². The van der Waals surface area contributed by atoms with Gasteiger partial charge in [-0.1, -0.05) is 19.1 Å². The van der Waals surface area contributed by atoms with E-state index in [0.29, 0.717) is 30.1 Å².